The lowest BCUT2D eigenvalue weighted by molar-refractivity contribution is -0.153. The van der Waals surface area contributed by atoms with Gasteiger partial charge in [-0.1, -0.05) is 6.07 Å². The first-order valence-corrected chi connectivity index (χ1v) is 5.13. The Kier molecular flexibility index (Phi) is 4.62. The summed E-state index contributed by atoms with van der Waals surface area (Å²) in [7, 11) is 0. The topological polar surface area (TPSA) is 47.6 Å². The zero-order valence-electron chi connectivity index (χ0n) is 8.67. The molecule has 94 valence electrons. The number of benzene rings is 1. The second-order valence-corrected chi connectivity index (χ2v) is 3.41. The van der Waals surface area contributed by atoms with Gasteiger partial charge in [0.25, 0.3) is 0 Å². The lowest BCUT2D eigenvalue weighted by Crippen LogP contribution is -2.19. The van der Waals surface area contributed by atoms with Gasteiger partial charge in [0.15, 0.2) is 6.61 Å². The van der Waals surface area contributed by atoms with Crippen LogP contribution in [0, 0.1) is 0 Å². The van der Waals surface area contributed by atoms with E-state index in [2.05, 4.69) is 9.73 Å². The van der Waals surface area contributed by atoms with Crippen molar-refractivity contribution in [2.75, 3.05) is 12.5 Å². The summed E-state index contributed by atoms with van der Waals surface area (Å²) >= 11 is 5.43. The van der Waals surface area contributed by atoms with E-state index in [1.165, 1.54) is 18.2 Å². The molecule has 0 amide bonds. The van der Waals surface area contributed by atoms with Crippen molar-refractivity contribution in [2.24, 2.45) is 10.7 Å². The van der Waals surface area contributed by atoms with Gasteiger partial charge < -0.3 is 10.5 Å². The van der Waals surface area contributed by atoms with E-state index >= 15 is 0 Å². The summed E-state index contributed by atoms with van der Waals surface area (Å²) in [5.41, 5.74) is 5.79. The third-order valence-electron chi connectivity index (χ3n) is 1.63. The molecule has 0 saturated carbocycles. The van der Waals surface area contributed by atoms with Crippen molar-refractivity contribution in [1.29, 1.82) is 0 Å². The van der Waals surface area contributed by atoms with E-state index in [4.69, 9.17) is 17.3 Å². The predicted molar refractivity (Wildman–Crippen MR) is 60.0 cm³/mol. The van der Waals surface area contributed by atoms with Crippen LogP contribution in [0.25, 0.3) is 0 Å². The summed E-state index contributed by atoms with van der Waals surface area (Å²) in [4.78, 5) is 3.88. The van der Waals surface area contributed by atoms with Gasteiger partial charge in [0, 0.05) is 6.07 Å². The zero-order valence-corrected chi connectivity index (χ0v) is 9.42. The maximum Gasteiger partial charge on any atom is 0.422 e. The molecule has 0 bridgehead atoms. The first-order chi connectivity index (χ1) is 7.90. The molecule has 1 aromatic rings. The molecule has 0 radical (unpaired) electrons. The van der Waals surface area contributed by atoms with Gasteiger partial charge in [-0.05, 0) is 12.1 Å². The van der Waals surface area contributed by atoms with Gasteiger partial charge >= 0.3 is 6.18 Å². The van der Waals surface area contributed by atoms with E-state index in [9.17, 15) is 13.2 Å². The molecule has 3 nitrogen and oxygen atoms in total. The molecule has 7 heteroatoms. The van der Waals surface area contributed by atoms with Crippen molar-refractivity contribution in [3.8, 4) is 5.75 Å². The molecule has 0 atom stereocenters. The molecule has 0 saturated heterocycles. The highest BCUT2D eigenvalue weighted by Gasteiger charge is 2.28. The highest BCUT2D eigenvalue weighted by atomic mass is 35.5. The van der Waals surface area contributed by atoms with Crippen LogP contribution in [0.2, 0.25) is 0 Å². The monoisotopic (exact) mass is 266 g/mol. The van der Waals surface area contributed by atoms with Crippen LogP contribution in [0.15, 0.2) is 29.3 Å². The number of hydrogen-bond donors (Lipinski definition) is 1. The number of aliphatic imine (C=N–C) groups is 1. The average Bonchev–Trinajstić information content (AvgIpc) is 2.26. The summed E-state index contributed by atoms with van der Waals surface area (Å²) in [5, 5.41) is 0. The number of ether oxygens (including phenoxy) is 1. The molecule has 0 heterocycles. The first-order valence-electron chi connectivity index (χ1n) is 4.59. The largest absolute Gasteiger partial charge is 0.484 e. The maximum atomic E-state index is 11.9. The first kappa shape index (κ1) is 13.6. The fourth-order valence-corrected chi connectivity index (χ4v) is 1.06. The Morgan fingerprint density at radius 3 is 2.71 bits per heavy atom. The van der Waals surface area contributed by atoms with Crippen LogP contribution < -0.4 is 10.5 Å². The number of hydrogen-bond acceptors (Lipinski definition) is 2. The summed E-state index contributed by atoms with van der Waals surface area (Å²) in [6.45, 7) is -1.34. The van der Waals surface area contributed by atoms with Gasteiger partial charge in [0.2, 0.25) is 0 Å². The van der Waals surface area contributed by atoms with Crippen molar-refractivity contribution in [1.82, 2.24) is 0 Å². The van der Waals surface area contributed by atoms with Gasteiger partial charge in [-0.3, -0.25) is 0 Å². The minimum atomic E-state index is -4.37. The molecule has 0 aliphatic rings. The van der Waals surface area contributed by atoms with Crippen LogP contribution >= 0.6 is 11.6 Å². The quantitative estimate of drug-likeness (QED) is 0.517. The normalized spacial score (nSPS) is 12.6. The molecule has 0 unspecified atom stereocenters. The van der Waals surface area contributed by atoms with Crippen LogP contribution in [0.5, 0.6) is 5.75 Å². The smallest absolute Gasteiger partial charge is 0.422 e. The molecule has 1 rings (SSSR count). The molecular formula is C10H10ClF3N2O. The molecule has 0 aromatic heterocycles. The second kappa shape index (κ2) is 5.77. The van der Waals surface area contributed by atoms with Gasteiger partial charge in [-0.2, -0.15) is 13.2 Å². The van der Waals surface area contributed by atoms with Crippen molar-refractivity contribution in [3.63, 3.8) is 0 Å². The highest BCUT2D eigenvalue weighted by Crippen LogP contribution is 2.22. The number of nitrogens with two attached hydrogens (primary N) is 1. The Labute approximate surface area is 101 Å². The van der Waals surface area contributed by atoms with Crippen molar-refractivity contribution in [2.45, 2.75) is 6.18 Å². The molecule has 0 aliphatic heterocycles. The molecule has 0 aliphatic carbocycles. The predicted octanol–water partition coefficient (Wildman–Crippen LogP) is 2.86. The van der Waals surface area contributed by atoms with Gasteiger partial charge in [-0.15, -0.1) is 11.6 Å². The third-order valence-corrected chi connectivity index (χ3v) is 1.90. The third kappa shape index (κ3) is 5.44. The van der Waals surface area contributed by atoms with Crippen LogP contribution in [0.4, 0.5) is 18.9 Å². The number of alkyl halides is 4. The van der Waals surface area contributed by atoms with Crippen molar-refractivity contribution < 1.29 is 17.9 Å². The van der Waals surface area contributed by atoms with Gasteiger partial charge in [0.05, 0.1) is 11.6 Å². The van der Waals surface area contributed by atoms with Crippen LogP contribution in [-0.2, 0) is 0 Å². The Morgan fingerprint density at radius 2 is 2.12 bits per heavy atom. The van der Waals surface area contributed by atoms with Crippen molar-refractivity contribution in [3.05, 3.63) is 24.3 Å². The number of halogens is 4. The fraction of sp³-hybridized carbons (Fsp3) is 0.300. The van der Waals surface area contributed by atoms with E-state index in [0.717, 1.165) is 0 Å². The number of amidine groups is 1. The van der Waals surface area contributed by atoms with E-state index in [1.54, 1.807) is 6.07 Å². The highest BCUT2D eigenvalue weighted by molar-refractivity contribution is 6.28. The molecule has 0 spiro atoms. The molecule has 1 aromatic carbocycles. The Morgan fingerprint density at radius 1 is 1.41 bits per heavy atom. The lowest BCUT2D eigenvalue weighted by Gasteiger charge is -2.09. The Balaban J connectivity index is 2.73. The number of nitrogens with zero attached hydrogens (tertiary/aromatic N) is 1. The number of rotatable bonds is 4. The Hall–Kier alpha value is -1.43. The SMILES string of the molecule is NC(CCl)=Nc1cccc(OCC(F)(F)F)c1. The minimum Gasteiger partial charge on any atom is -0.484 e. The lowest BCUT2D eigenvalue weighted by atomic mass is 10.3. The maximum absolute atomic E-state index is 11.9. The van der Waals surface area contributed by atoms with Gasteiger partial charge in [-0.25, -0.2) is 4.99 Å². The summed E-state index contributed by atoms with van der Waals surface area (Å²) in [5.74, 6) is 0.304. The van der Waals surface area contributed by atoms with E-state index < -0.39 is 12.8 Å². The molecule has 2 N–H and O–H groups in total. The van der Waals surface area contributed by atoms with Crippen LogP contribution in [0.3, 0.4) is 0 Å². The summed E-state index contributed by atoms with van der Waals surface area (Å²) in [6, 6.07) is 5.86. The van der Waals surface area contributed by atoms with E-state index in [1.807, 2.05) is 0 Å². The standard InChI is InChI=1S/C10H10ClF3N2O/c11-5-9(15)16-7-2-1-3-8(4-7)17-6-10(12,13)14/h1-4H,5-6H2,(H2,15,16). The van der Waals surface area contributed by atoms with Crippen LogP contribution in [-0.4, -0.2) is 24.5 Å². The zero-order chi connectivity index (χ0) is 12.9. The minimum absolute atomic E-state index is 0.0492. The Bertz CT molecular complexity index is 407. The summed E-state index contributed by atoms with van der Waals surface area (Å²) in [6.07, 6.45) is -4.37. The fourth-order valence-electron chi connectivity index (χ4n) is 1.00. The van der Waals surface area contributed by atoms with Crippen molar-refractivity contribution >= 4 is 23.1 Å². The van der Waals surface area contributed by atoms with Gasteiger partial charge in [0.1, 0.15) is 11.6 Å². The van der Waals surface area contributed by atoms with Crippen LogP contribution in [0.1, 0.15) is 0 Å². The van der Waals surface area contributed by atoms with E-state index in [-0.39, 0.29) is 17.5 Å². The average molecular weight is 267 g/mol. The van der Waals surface area contributed by atoms with E-state index in [0.29, 0.717) is 5.69 Å². The second-order valence-electron chi connectivity index (χ2n) is 3.14. The molecule has 0 fully saturated rings. The molecule has 17 heavy (non-hydrogen) atoms. The molecular weight excluding hydrogens is 257 g/mol. The summed E-state index contributed by atoms with van der Waals surface area (Å²) < 4.78 is 40.3.